The quantitative estimate of drug-likeness (QED) is 0.180. The third-order valence-electron chi connectivity index (χ3n) is 11.4. The van der Waals surface area contributed by atoms with E-state index in [0.717, 1.165) is 54.8 Å². The Labute approximate surface area is 331 Å². The van der Waals surface area contributed by atoms with Crippen LogP contribution in [0.2, 0.25) is 0 Å². The van der Waals surface area contributed by atoms with E-state index in [4.69, 9.17) is 14.7 Å². The lowest BCUT2D eigenvalue weighted by Gasteiger charge is -2.39. The van der Waals surface area contributed by atoms with Crippen molar-refractivity contribution >= 4 is 43.1 Å². The summed E-state index contributed by atoms with van der Waals surface area (Å²) in [5.41, 5.74) is 15.9. The van der Waals surface area contributed by atoms with Gasteiger partial charge in [0.1, 0.15) is 21.5 Å². The molecule has 1 aliphatic heterocycles. The van der Waals surface area contributed by atoms with Crippen molar-refractivity contribution < 1.29 is 4.74 Å². The third-order valence-corrected chi connectivity index (χ3v) is 13.6. The molecule has 5 heteroatoms. The fourth-order valence-electron chi connectivity index (χ4n) is 8.92. The molecule has 0 amide bonds. The first kappa shape index (κ1) is 31.7. The second-order valence-electron chi connectivity index (χ2n) is 14.5. The number of hydrogen-bond donors (Lipinski definition) is 0. The van der Waals surface area contributed by atoms with Gasteiger partial charge in [0.15, 0.2) is 0 Å². The minimum Gasteiger partial charge on any atom is -0.457 e. The van der Waals surface area contributed by atoms with Crippen molar-refractivity contribution in [1.82, 2.24) is 9.97 Å². The molecule has 0 saturated carbocycles. The van der Waals surface area contributed by atoms with Crippen LogP contribution >= 0.6 is 22.7 Å². The number of ether oxygens (including phenoxy) is 1. The van der Waals surface area contributed by atoms with Gasteiger partial charge in [0.2, 0.25) is 0 Å². The fourth-order valence-corrected chi connectivity index (χ4v) is 10.8. The number of rotatable bonds is 4. The molecule has 0 radical (unpaired) electrons. The van der Waals surface area contributed by atoms with Crippen molar-refractivity contribution in [3.8, 4) is 66.0 Å². The number of para-hydroxylation sites is 4. The van der Waals surface area contributed by atoms with Crippen molar-refractivity contribution in [3.63, 3.8) is 0 Å². The molecule has 56 heavy (non-hydrogen) atoms. The van der Waals surface area contributed by atoms with Crippen LogP contribution in [0.15, 0.2) is 182 Å². The SMILES string of the molecule is c1ccc2c(c1)Oc1ccccc1C21c2ccccc2-c2ccc(-c3ccc(-c4cc(-c5nc6ccccc6s5)cc(-c5nc6ccccc6s5)c4)cc3)cc21. The predicted molar refractivity (Wildman–Crippen MR) is 232 cm³/mol. The molecule has 12 rings (SSSR count). The average Bonchev–Trinajstić information content (AvgIpc) is 3.98. The predicted octanol–water partition coefficient (Wildman–Crippen LogP) is 14.0. The van der Waals surface area contributed by atoms with Gasteiger partial charge in [0.25, 0.3) is 0 Å². The summed E-state index contributed by atoms with van der Waals surface area (Å²) in [4.78, 5) is 10.1. The molecule has 0 fully saturated rings. The summed E-state index contributed by atoms with van der Waals surface area (Å²) in [5, 5.41) is 2.02. The molecule has 0 saturated heterocycles. The van der Waals surface area contributed by atoms with Crippen LogP contribution in [0.25, 0.3) is 75.0 Å². The molecule has 0 bridgehead atoms. The number of benzene rings is 8. The lowest BCUT2D eigenvalue weighted by Crippen LogP contribution is -2.32. The van der Waals surface area contributed by atoms with Crippen LogP contribution in [-0.2, 0) is 5.41 Å². The van der Waals surface area contributed by atoms with Gasteiger partial charge in [-0.2, -0.15) is 0 Å². The molecule has 0 atom stereocenters. The molecule has 1 spiro atoms. The Morgan fingerprint density at radius 2 is 0.821 bits per heavy atom. The van der Waals surface area contributed by atoms with E-state index in [0.29, 0.717) is 0 Å². The lowest BCUT2D eigenvalue weighted by molar-refractivity contribution is 0.436. The zero-order valence-corrected chi connectivity index (χ0v) is 31.6. The lowest BCUT2D eigenvalue weighted by atomic mass is 9.66. The molecule has 1 aliphatic carbocycles. The molecule has 0 unspecified atom stereocenters. The number of thiazole rings is 2. The van der Waals surface area contributed by atoms with Gasteiger partial charge in [-0.3, -0.25) is 0 Å². The van der Waals surface area contributed by atoms with Crippen LogP contribution in [0, 0.1) is 0 Å². The Morgan fingerprint density at radius 3 is 1.43 bits per heavy atom. The summed E-state index contributed by atoms with van der Waals surface area (Å²) in [6, 6.07) is 65.6. The first-order chi connectivity index (χ1) is 27.7. The maximum atomic E-state index is 6.56. The van der Waals surface area contributed by atoms with Crippen LogP contribution < -0.4 is 4.74 Å². The third kappa shape index (κ3) is 4.68. The van der Waals surface area contributed by atoms with Crippen molar-refractivity contribution in [1.29, 1.82) is 0 Å². The molecule has 2 aliphatic rings. The van der Waals surface area contributed by atoms with E-state index in [1.165, 1.54) is 53.9 Å². The second kappa shape index (κ2) is 12.2. The van der Waals surface area contributed by atoms with Crippen LogP contribution in [0.5, 0.6) is 11.5 Å². The van der Waals surface area contributed by atoms with Gasteiger partial charge in [-0.15, -0.1) is 22.7 Å². The Kier molecular flexibility index (Phi) is 6.88. The largest absolute Gasteiger partial charge is 0.457 e. The highest BCUT2D eigenvalue weighted by molar-refractivity contribution is 7.22. The second-order valence-corrected chi connectivity index (χ2v) is 16.6. The monoisotopic (exact) mass is 750 g/mol. The normalized spacial score (nSPS) is 13.3. The summed E-state index contributed by atoms with van der Waals surface area (Å²) in [5.74, 6) is 1.81. The van der Waals surface area contributed by atoms with Gasteiger partial charge in [0, 0.05) is 22.3 Å². The van der Waals surface area contributed by atoms with E-state index in [9.17, 15) is 0 Å². The highest BCUT2D eigenvalue weighted by atomic mass is 32.1. The number of aromatic nitrogens is 2. The Bertz CT molecular complexity index is 2990. The van der Waals surface area contributed by atoms with Crippen LogP contribution in [0.3, 0.4) is 0 Å². The van der Waals surface area contributed by atoms with E-state index in [-0.39, 0.29) is 0 Å². The average molecular weight is 751 g/mol. The molecular formula is C51H30N2OS2. The molecule has 2 aromatic heterocycles. The van der Waals surface area contributed by atoms with Crippen molar-refractivity contribution in [3.05, 3.63) is 204 Å². The molecular weight excluding hydrogens is 721 g/mol. The minimum absolute atomic E-state index is 0.495. The molecule has 262 valence electrons. The minimum atomic E-state index is -0.495. The zero-order chi connectivity index (χ0) is 36.8. The standard InChI is InChI=1S/C51H30N2OS2/c1-2-12-39-37(11-1)38-26-25-33(30-42(38)51(39)40-13-3-7-17-45(40)54-46-18-8-4-14-41(46)51)31-21-23-32(24-22-31)34-27-35(49-52-43-15-5-9-19-47(43)55-49)29-36(28-34)50-53-44-16-6-10-20-48(44)56-50/h1-30H. The maximum Gasteiger partial charge on any atom is 0.132 e. The van der Waals surface area contributed by atoms with E-state index in [1.807, 2.05) is 0 Å². The van der Waals surface area contributed by atoms with E-state index in [2.05, 4.69) is 182 Å². The highest BCUT2D eigenvalue weighted by Gasteiger charge is 2.51. The van der Waals surface area contributed by atoms with Crippen molar-refractivity contribution in [2.24, 2.45) is 0 Å². The fraction of sp³-hybridized carbons (Fsp3) is 0.0196. The van der Waals surface area contributed by atoms with Gasteiger partial charge in [-0.05, 0) is 105 Å². The summed E-state index contributed by atoms with van der Waals surface area (Å²) < 4.78 is 8.93. The van der Waals surface area contributed by atoms with E-state index in [1.54, 1.807) is 22.7 Å². The number of nitrogens with zero attached hydrogens (tertiary/aromatic N) is 2. The first-order valence-corrected chi connectivity index (χ1v) is 20.4. The van der Waals surface area contributed by atoms with Crippen molar-refractivity contribution in [2.45, 2.75) is 5.41 Å². The van der Waals surface area contributed by atoms with Gasteiger partial charge < -0.3 is 4.74 Å². The van der Waals surface area contributed by atoms with Crippen LogP contribution in [0.4, 0.5) is 0 Å². The maximum absolute atomic E-state index is 6.56. The highest BCUT2D eigenvalue weighted by Crippen LogP contribution is 2.62. The summed E-state index contributed by atoms with van der Waals surface area (Å²) in [6.07, 6.45) is 0. The smallest absolute Gasteiger partial charge is 0.132 e. The molecule has 10 aromatic rings. The Morgan fingerprint density at radius 1 is 0.357 bits per heavy atom. The van der Waals surface area contributed by atoms with Gasteiger partial charge in [-0.1, -0.05) is 121 Å². The summed E-state index contributed by atoms with van der Waals surface area (Å²) in [6.45, 7) is 0. The van der Waals surface area contributed by atoms with Gasteiger partial charge in [0.05, 0.1) is 25.8 Å². The van der Waals surface area contributed by atoms with Gasteiger partial charge >= 0.3 is 0 Å². The topological polar surface area (TPSA) is 35.0 Å². The van der Waals surface area contributed by atoms with Crippen LogP contribution in [0.1, 0.15) is 22.3 Å². The zero-order valence-electron chi connectivity index (χ0n) is 29.9. The summed E-state index contributed by atoms with van der Waals surface area (Å²) >= 11 is 3.47. The molecule has 8 aromatic carbocycles. The number of fused-ring (bicyclic) bond motifs is 11. The summed E-state index contributed by atoms with van der Waals surface area (Å²) in [7, 11) is 0. The van der Waals surface area contributed by atoms with Crippen molar-refractivity contribution in [2.75, 3.05) is 0 Å². The number of hydrogen-bond acceptors (Lipinski definition) is 5. The molecule has 3 nitrogen and oxygen atoms in total. The molecule has 0 N–H and O–H groups in total. The van der Waals surface area contributed by atoms with Gasteiger partial charge in [-0.25, -0.2) is 9.97 Å². The van der Waals surface area contributed by atoms with Crippen LogP contribution in [-0.4, -0.2) is 9.97 Å². The van der Waals surface area contributed by atoms with E-state index < -0.39 is 5.41 Å². The Hall–Kier alpha value is -6.66. The molecule has 3 heterocycles. The Balaban J connectivity index is 0.991. The van der Waals surface area contributed by atoms with E-state index >= 15 is 0 Å². The first-order valence-electron chi connectivity index (χ1n) is 18.8.